The lowest BCUT2D eigenvalue weighted by atomic mass is 9.76. The topological polar surface area (TPSA) is 0 Å². The van der Waals surface area contributed by atoms with Gasteiger partial charge >= 0.3 is 0 Å². The molecule has 1 saturated carbocycles. The van der Waals surface area contributed by atoms with Crippen LogP contribution < -0.4 is 0 Å². The maximum Gasteiger partial charge on any atom is -0.0162 e. The van der Waals surface area contributed by atoms with Crippen molar-refractivity contribution in [2.75, 3.05) is 0 Å². The lowest BCUT2D eigenvalue weighted by Crippen LogP contribution is -2.16. The van der Waals surface area contributed by atoms with Crippen molar-refractivity contribution < 1.29 is 0 Å². The highest BCUT2D eigenvalue weighted by Gasteiger charge is 2.22. The van der Waals surface area contributed by atoms with Crippen molar-refractivity contribution >= 4 is 0 Å². The predicted octanol–water partition coefficient (Wildman–Crippen LogP) is 5.89. The van der Waals surface area contributed by atoms with Gasteiger partial charge in [-0.3, -0.25) is 0 Å². The molecule has 0 aliphatic heterocycles. The zero-order valence-corrected chi connectivity index (χ0v) is 13.3. The molecular weight excluding hydrogens is 240 g/mol. The van der Waals surface area contributed by atoms with Crippen LogP contribution in [0, 0.1) is 11.8 Å². The molecule has 20 heavy (non-hydrogen) atoms. The minimum absolute atomic E-state index is 0.852. The maximum atomic E-state index is 2.57. The van der Waals surface area contributed by atoms with Crippen molar-refractivity contribution in [3.05, 3.63) is 34.9 Å². The Kier molecular flexibility index (Phi) is 4.48. The van der Waals surface area contributed by atoms with Crippen LogP contribution in [0.15, 0.2) is 18.2 Å². The Balaban J connectivity index is 1.71. The van der Waals surface area contributed by atoms with Crippen LogP contribution in [0.25, 0.3) is 0 Å². The molecule has 0 spiro atoms. The number of fused-ring (bicyclic) bond motifs is 1. The van der Waals surface area contributed by atoms with Crippen molar-refractivity contribution in [2.45, 2.75) is 77.6 Å². The first-order valence-corrected chi connectivity index (χ1v) is 8.88. The van der Waals surface area contributed by atoms with E-state index in [0.717, 1.165) is 17.8 Å². The number of hydrogen-bond acceptors (Lipinski definition) is 0. The number of hydrogen-bond donors (Lipinski definition) is 0. The third-order valence-corrected chi connectivity index (χ3v) is 5.75. The Morgan fingerprint density at radius 2 is 1.80 bits per heavy atom. The van der Waals surface area contributed by atoms with Gasteiger partial charge in [-0.15, -0.1) is 0 Å². The molecule has 1 fully saturated rings. The maximum absolute atomic E-state index is 2.57. The Labute approximate surface area is 125 Å². The average Bonchev–Trinajstić information content (AvgIpc) is 2.48. The third kappa shape index (κ3) is 3.10. The highest BCUT2D eigenvalue weighted by Crippen LogP contribution is 2.37. The minimum Gasteiger partial charge on any atom is -0.0654 e. The van der Waals surface area contributed by atoms with Crippen LogP contribution in [0.1, 0.15) is 81.4 Å². The largest absolute Gasteiger partial charge is 0.0654 e. The van der Waals surface area contributed by atoms with Crippen LogP contribution in [-0.4, -0.2) is 0 Å². The summed E-state index contributed by atoms with van der Waals surface area (Å²) >= 11 is 0. The van der Waals surface area contributed by atoms with E-state index in [-0.39, 0.29) is 0 Å². The van der Waals surface area contributed by atoms with E-state index < -0.39 is 0 Å². The van der Waals surface area contributed by atoms with Gasteiger partial charge in [0.25, 0.3) is 0 Å². The first-order chi connectivity index (χ1) is 9.76. The van der Waals surface area contributed by atoms with Gasteiger partial charge < -0.3 is 0 Å². The van der Waals surface area contributed by atoms with Crippen molar-refractivity contribution in [1.29, 1.82) is 0 Å². The van der Waals surface area contributed by atoms with Gasteiger partial charge in [0.15, 0.2) is 0 Å². The highest BCUT2D eigenvalue weighted by atomic mass is 14.3. The second-order valence-corrected chi connectivity index (χ2v) is 7.38. The molecule has 0 bridgehead atoms. The summed E-state index contributed by atoms with van der Waals surface area (Å²) in [7, 11) is 0. The predicted molar refractivity (Wildman–Crippen MR) is 87.2 cm³/mol. The summed E-state index contributed by atoms with van der Waals surface area (Å²) in [5, 5.41) is 0. The molecule has 2 aliphatic rings. The monoisotopic (exact) mass is 270 g/mol. The SMILES string of the molecule is CCCC1CCc2cc(C3CCC(C)CC3)ccc2C1. The van der Waals surface area contributed by atoms with Crippen molar-refractivity contribution in [3.63, 3.8) is 0 Å². The zero-order valence-electron chi connectivity index (χ0n) is 13.3. The van der Waals surface area contributed by atoms with Gasteiger partial charge in [-0.1, -0.05) is 57.7 Å². The second-order valence-electron chi connectivity index (χ2n) is 7.38. The smallest absolute Gasteiger partial charge is 0.0162 e. The zero-order chi connectivity index (χ0) is 13.9. The molecule has 1 unspecified atom stereocenters. The average molecular weight is 270 g/mol. The molecule has 3 rings (SSSR count). The van der Waals surface area contributed by atoms with E-state index in [0.29, 0.717) is 0 Å². The van der Waals surface area contributed by atoms with Crippen molar-refractivity contribution in [3.8, 4) is 0 Å². The van der Waals surface area contributed by atoms with Crippen molar-refractivity contribution in [2.24, 2.45) is 11.8 Å². The molecule has 1 aromatic carbocycles. The molecule has 1 aromatic rings. The number of benzene rings is 1. The minimum atomic E-state index is 0.852. The van der Waals surface area contributed by atoms with Gasteiger partial charge in [0.05, 0.1) is 0 Å². The summed E-state index contributed by atoms with van der Waals surface area (Å²) in [6.45, 7) is 4.74. The molecule has 0 aromatic heterocycles. The molecule has 1 atom stereocenters. The van der Waals surface area contributed by atoms with Crippen LogP contribution in [0.4, 0.5) is 0 Å². The lowest BCUT2D eigenvalue weighted by molar-refractivity contribution is 0.347. The molecule has 0 heterocycles. The Morgan fingerprint density at radius 3 is 2.55 bits per heavy atom. The molecule has 0 nitrogen and oxygen atoms in total. The molecule has 0 N–H and O–H groups in total. The van der Waals surface area contributed by atoms with Crippen LogP contribution >= 0.6 is 0 Å². The fourth-order valence-corrected chi connectivity index (χ4v) is 4.35. The fraction of sp³-hybridized carbons (Fsp3) is 0.700. The van der Waals surface area contributed by atoms with Gasteiger partial charge in [0.1, 0.15) is 0 Å². The molecular formula is C20H30. The van der Waals surface area contributed by atoms with Crippen LogP contribution in [0.5, 0.6) is 0 Å². The quantitative estimate of drug-likeness (QED) is 0.643. The molecule has 0 saturated heterocycles. The van der Waals surface area contributed by atoms with E-state index in [1.807, 2.05) is 0 Å². The van der Waals surface area contributed by atoms with Gasteiger partial charge in [0, 0.05) is 0 Å². The highest BCUT2D eigenvalue weighted by molar-refractivity contribution is 5.36. The van der Waals surface area contributed by atoms with Gasteiger partial charge in [-0.05, 0) is 66.5 Å². The van der Waals surface area contributed by atoms with E-state index in [4.69, 9.17) is 0 Å². The summed E-state index contributed by atoms with van der Waals surface area (Å²) in [6.07, 6.45) is 12.5. The van der Waals surface area contributed by atoms with Crippen LogP contribution in [-0.2, 0) is 12.8 Å². The summed E-state index contributed by atoms with van der Waals surface area (Å²) in [5.41, 5.74) is 4.97. The molecule has 110 valence electrons. The third-order valence-electron chi connectivity index (χ3n) is 5.75. The summed E-state index contributed by atoms with van der Waals surface area (Å²) in [5.74, 6) is 2.76. The Morgan fingerprint density at radius 1 is 1.00 bits per heavy atom. The van der Waals surface area contributed by atoms with Gasteiger partial charge in [0.2, 0.25) is 0 Å². The Hall–Kier alpha value is -0.780. The second kappa shape index (κ2) is 6.33. The van der Waals surface area contributed by atoms with E-state index in [1.54, 1.807) is 16.7 Å². The fourth-order valence-electron chi connectivity index (χ4n) is 4.35. The normalized spacial score (nSPS) is 30.0. The van der Waals surface area contributed by atoms with E-state index in [2.05, 4.69) is 32.0 Å². The van der Waals surface area contributed by atoms with Gasteiger partial charge in [-0.2, -0.15) is 0 Å². The summed E-state index contributed by atoms with van der Waals surface area (Å²) in [4.78, 5) is 0. The van der Waals surface area contributed by atoms with E-state index >= 15 is 0 Å². The molecule has 0 heteroatoms. The van der Waals surface area contributed by atoms with Gasteiger partial charge in [-0.25, -0.2) is 0 Å². The molecule has 2 aliphatic carbocycles. The Bertz CT molecular complexity index is 437. The molecule has 0 radical (unpaired) electrons. The van der Waals surface area contributed by atoms with Crippen LogP contribution in [0.3, 0.4) is 0 Å². The van der Waals surface area contributed by atoms with Crippen molar-refractivity contribution in [1.82, 2.24) is 0 Å². The standard InChI is InChI=1S/C20H30/c1-3-4-16-7-10-20-14-19(12-11-18(20)13-16)17-8-5-15(2)6-9-17/h11-12,14-17H,3-10,13H2,1-2H3. The van der Waals surface area contributed by atoms with E-state index in [9.17, 15) is 0 Å². The summed E-state index contributed by atoms with van der Waals surface area (Å²) in [6, 6.07) is 7.48. The lowest BCUT2D eigenvalue weighted by Gasteiger charge is -2.29. The summed E-state index contributed by atoms with van der Waals surface area (Å²) < 4.78 is 0. The molecule has 0 amide bonds. The van der Waals surface area contributed by atoms with Crippen LogP contribution in [0.2, 0.25) is 0 Å². The first-order valence-electron chi connectivity index (χ1n) is 8.88. The number of rotatable bonds is 3. The number of aryl methyl sites for hydroxylation is 1. The van der Waals surface area contributed by atoms with E-state index in [1.165, 1.54) is 57.8 Å². The first kappa shape index (κ1) is 14.2.